The first kappa shape index (κ1) is 20.5. The van der Waals surface area contributed by atoms with E-state index in [1.165, 1.54) is 64.2 Å². The van der Waals surface area contributed by atoms with Crippen molar-refractivity contribution in [1.82, 2.24) is 5.32 Å². The Morgan fingerprint density at radius 3 is 2.30 bits per heavy atom. The Bertz CT molecular complexity index is 682. The molecular weight excluding hydrogens is 366 g/mol. The molecule has 12 atom stereocenters. The van der Waals surface area contributed by atoms with E-state index >= 15 is 0 Å². The van der Waals surface area contributed by atoms with Crippen molar-refractivity contribution >= 4 is 0 Å². The molecule has 2 saturated heterocycles. The Kier molecular flexibility index (Phi) is 4.60. The zero-order valence-electron chi connectivity index (χ0n) is 20.4. The Morgan fingerprint density at radius 2 is 1.53 bits per heavy atom. The third-order valence-corrected chi connectivity index (χ3v) is 12.4. The molecule has 2 heteroatoms. The molecule has 0 aromatic rings. The lowest BCUT2D eigenvalue weighted by Crippen LogP contribution is -2.57. The Labute approximate surface area is 185 Å². The van der Waals surface area contributed by atoms with Gasteiger partial charge in [-0.25, -0.2) is 0 Å². The molecule has 1 N–H and O–H groups in total. The van der Waals surface area contributed by atoms with Gasteiger partial charge in [0, 0.05) is 12.5 Å². The third kappa shape index (κ3) is 2.62. The van der Waals surface area contributed by atoms with Gasteiger partial charge in [-0.2, -0.15) is 0 Å². The highest BCUT2D eigenvalue weighted by Crippen LogP contribution is 2.71. The highest BCUT2D eigenvalue weighted by Gasteiger charge is 2.68. The summed E-state index contributed by atoms with van der Waals surface area (Å²) >= 11 is 0. The van der Waals surface area contributed by atoms with Crippen LogP contribution in [0.5, 0.6) is 0 Å². The molecule has 30 heavy (non-hydrogen) atoms. The van der Waals surface area contributed by atoms with Crippen molar-refractivity contribution in [2.75, 3.05) is 6.54 Å². The summed E-state index contributed by atoms with van der Waals surface area (Å²) < 4.78 is 7.05. The van der Waals surface area contributed by atoms with E-state index in [4.69, 9.17) is 4.74 Å². The molecule has 6 aliphatic rings. The van der Waals surface area contributed by atoms with Crippen molar-refractivity contribution in [3.05, 3.63) is 0 Å². The van der Waals surface area contributed by atoms with Crippen LogP contribution >= 0.6 is 0 Å². The van der Waals surface area contributed by atoms with E-state index in [1.54, 1.807) is 0 Å². The largest absolute Gasteiger partial charge is 0.357 e. The fourth-order valence-electron chi connectivity index (χ4n) is 10.7. The van der Waals surface area contributed by atoms with Gasteiger partial charge in [0.05, 0.1) is 6.10 Å². The maximum absolute atomic E-state index is 7.05. The molecule has 1 unspecified atom stereocenters. The number of hydrogen-bond donors (Lipinski definition) is 1. The maximum Gasteiger partial charge on any atom is 0.122 e. The molecule has 0 radical (unpaired) electrons. The van der Waals surface area contributed by atoms with Gasteiger partial charge in [0.1, 0.15) is 5.72 Å². The Balaban J connectivity index is 1.26. The molecule has 0 aromatic carbocycles. The van der Waals surface area contributed by atoms with Crippen LogP contribution < -0.4 is 5.32 Å². The lowest BCUT2D eigenvalue weighted by molar-refractivity contribution is -0.135. The Hall–Kier alpha value is -0.0800. The first-order valence-electron chi connectivity index (χ1n) is 13.7. The van der Waals surface area contributed by atoms with E-state index in [1.807, 2.05) is 0 Å². The fraction of sp³-hybridized carbons (Fsp3) is 1.00. The van der Waals surface area contributed by atoms with Crippen LogP contribution in [0.4, 0.5) is 0 Å². The fourth-order valence-corrected chi connectivity index (χ4v) is 10.7. The van der Waals surface area contributed by atoms with Crippen molar-refractivity contribution in [2.24, 2.45) is 58.2 Å². The van der Waals surface area contributed by atoms with E-state index in [9.17, 15) is 0 Å². The van der Waals surface area contributed by atoms with Crippen LogP contribution in [0.2, 0.25) is 0 Å². The molecule has 4 saturated carbocycles. The van der Waals surface area contributed by atoms with E-state index in [0.29, 0.717) is 22.9 Å². The second kappa shape index (κ2) is 6.72. The predicted molar refractivity (Wildman–Crippen MR) is 123 cm³/mol. The second-order valence-corrected chi connectivity index (χ2v) is 13.7. The van der Waals surface area contributed by atoms with Crippen molar-refractivity contribution in [3.63, 3.8) is 0 Å². The van der Waals surface area contributed by atoms with Gasteiger partial charge in [0.2, 0.25) is 0 Å². The third-order valence-electron chi connectivity index (χ3n) is 12.4. The molecule has 1 spiro atoms. The van der Waals surface area contributed by atoms with Crippen LogP contribution in [-0.2, 0) is 4.74 Å². The SMILES string of the molecule is C[C@H]1CC[C@]2(NC1)O[C@H]1C[C@H]3[C@@H]4CC[C@H]5C[C@@H](C)CC[C@]5(C)[C@H]4CC[C@]3(C)C1[C@@H]2C. The number of rotatable bonds is 0. The van der Waals surface area contributed by atoms with Crippen molar-refractivity contribution < 1.29 is 4.74 Å². The molecule has 2 nitrogen and oxygen atoms in total. The summed E-state index contributed by atoms with van der Waals surface area (Å²) in [5, 5.41) is 3.92. The summed E-state index contributed by atoms with van der Waals surface area (Å²) in [6.07, 6.45) is 15.0. The van der Waals surface area contributed by atoms with Crippen molar-refractivity contribution in [3.8, 4) is 0 Å². The standard InChI is InChI=1S/C28H47NO/c1-17-8-11-26(4)20(14-17)6-7-21-22(26)10-12-27(5)23(21)15-24-25(27)19(3)28(30-24)13-9-18(2)16-29-28/h17-25,29H,6-16H2,1-5H3/t17-,18-,19-,20-,21+,22-,23-,24-,25?,26-,27-,28-/m0/s1. The smallest absolute Gasteiger partial charge is 0.122 e. The Morgan fingerprint density at radius 1 is 0.767 bits per heavy atom. The van der Waals surface area contributed by atoms with Gasteiger partial charge >= 0.3 is 0 Å². The number of fused-ring (bicyclic) bond motifs is 7. The van der Waals surface area contributed by atoms with Gasteiger partial charge in [-0.3, -0.25) is 5.32 Å². The summed E-state index contributed by atoms with van der Waals surface area (Å²) in [5.41, 5.74) is 1.16. The van der Waals surface area contributed by atoms with E-state index in [-0.39, 0.29) is 5.72 Å². The number of ether oxygens (including phenoxy) is 1. The molecule has 0 aromatic heterocycles. The molecule has 2 heterocycles. The van der Waals surface area contributed by atoms with E-state index in [0.717, 1.165) is 48.0 Å². The zero-order chi connectivity index (χ0) is 20.9. The number of piperidine rings is 1. The predicted octanol–water partition coefficient (Wildman–Crippen LogP) is 6.64. The van der Waals surface area contributed by atoms with Crippen LogP contribution in [-0.4, -0.2) is 18.4 Å². The molecule has 2 aliphatic heterocycles. The van der Waals surface area contributed by atoms with Crippen LogP contribution in [0, 0.1) is 58.2 Å². The lowest BCUT2D eigenvalue weighted by atomic mass is 9.44. The normalized spacial score (nSPS) is 62.5. The summed E-state index contributed by atoms with van der Waals surface area (Å²) in [6.45, 7) is 14.0. The first-order valence-corrected chi connectivity index (χ1v) is 13.7. The van der Waals surface area contributed by atoms with Gasteiger partial charge < -0.3 is 4.74 Å². The number of nitrogens with one attached hydrogen (secondary N) is 1. The highest BCUT2D eigenvalue weighted by atomic mass is 16.5. The van der Waals surface area contributed by atoms with Crippen LogP contribution in [0.25, 0.3) is 0 Å². The second-order valence-electron chi connectivity index (χ2n) is 13.7. The van der Waals surface area contributed by atoms with Gasteiger partial charge in [0.25, 0.3) is 0 Å². The maximum atomic E-state index is 7.05. The minimum absolute atomic E-state index is 0.00415. The van der Waals surface area contributed by atoms with E-state index < -0.39 is 0 Å². The average Bonchev–Trinajstić information content (AvgIpc) is 3.16. The summed E-state index contributed by atoms with van der Waals surface area (Å²) in [5.74, 6) is 7.14. The highest BCUT2D eigenvalue weighted by molar-refractivity contribution is 5.16. The van der Waals surface area contributed by atoms with Crippen LogP contribution in [0.1, 0.15) is 98.8 Å². The average molecular weight is 414 g/mol. The minimum atomic E-state index is -0.00415. The quantitative estimate of drug-likeness (QED) is 0.480. The van der Waals surface area contributed by atoms with Gasteiger partial charge in [-0.15, -0.1) is 0 Å². The van der Waals surface area contributed by atoms with Crippen molar-refractivity contribution in [1.29, 1.82) is 0 Å². The van der Waals surface area contributed by atoms with Gasteiger partial charge in [0.15, 0.2) is 0 Å². The monoisotopic (exact) mass is 413 g/mol. The van der Waals surface area contributed by atoms with Crippen LogP contribution in [0.3, 0.4) is 0 Å². The molecule has 0 amide bonds. The minimum Gasteiger partial charge on any atom is -0.357 e. The summed E-state index contributed by atoms with van der Waals surface area (Å²) in [4.78, 5) is 0. The molecular formula is C28H47NO. The van der Waals surface area contributed by atoms with Crippen molar-refractivity contribution in [2.45, 2.75) is 111 Å². The topological polar surface area (TPSA) is 21.3 Å². The van der Waals surface area contributed by atoms with E-state index in [2.05, 4.69) is 39.9 Å². The molecule has 0 bridgehead atoms. The van der Waals surface area contributed by atoms with Gasteiger partial charge in [-0.1, -0.05) is 41.0 Å². The molecule has 6 fully saturated rings. The summed E-state index contributed by atoms with van der Waals surface area (Å²) in [6, 6.07) is 0. The molecule has 4 aliphatic carbocycles. The molecule has 170 valence electrons. The number of hydrogen-bond acceptors (Lipinski definition) is 2. The summed E-state index contributed by atoms with van der Waals surface area (Å²) in [7, 11) is 0. The van der Waals surface area contributed by atoms with Crippen LogP contribution in [0.15, 0.2) is 0 Å². The lowest BCUT2D eigenvalue weighted by Gasteiger charge is -2.61. The zero-order valence-corrected chi connectivity index (χ0v) is 20.4. The first-order chi connectivity index (χ1) is 14.3. The molecule has 6 rings (SSSR count). The van der Waals surface area contributed by atoms with Gasteiger partial charge in [-0.05, 0) is 110 Å².